The molecule has 2 aliphatic heterocycles. The number of nitrogens with one attached hydrogen (secondary N) is 1. The van der Waals surface area contributed by atoms with Crippen LogP contribution in [0, 0.1) is 6.92 Å². The van der Waals surface area contributed by atoms with Crippen LogP contribution in [-0.4, -0.2) is 45.7 Å². The van der Waals surface area contributed by atoms with E-state index in [2.05, 4.69) is 15.3 Å². The highest BCUT2D eigenvalue weighted by Gasteiger charge is 2.27. The zero-order valence-electron chi connectivity index (χ0n) is 19.7. The highest BCUT2D eigenvalue weighted by atomic mass is 16.2. The van der Waals surface area contributed by atoms with Crippen LogP contribution in [0.15, 0.2) is 54.7 Å². The number of nitrogens with zero attached hydrogens (tertiary/aromatic N) is 4. The Kier molecular flexibility index (Phi) is 6.27. The molecule has 0 bridgehead atoms. The van der Waals surface area contributed by atoms with Crippen molar-refractivity contribution in [3.63, 3.8) is 0 Å². The lowest BCUT2D eigenvalue weighted by Crippen LogP contribution is -2.37. The molecule has 0 spiro atoms. The summed E-state index contributed by atoms with van der Waals surface area (Å²) in [6.45, 7) is 3.53. The molecule has 8 nitrogen and oxygen atoms in total. The van der Waals surface area contributed by atoms with E-state index in [9.17, 15) is 14.4 Å². The van der Waals surface area contributed by atoms with E-state index < -0.39 is 0 Å². The number of aromatic nitrogens is 2. The lowest BCUT2D eigenvalue weighted by Gasteiger charge is -2.28. The van der Waals surface area contributed by atoms with E-state index in [0.717, 1.165) is 28.9 Å². The Morgan fingerprint density at radius 1 is 0.943 bits per heavy atom. The van der Waals surface area contributed by atoms with Gasteiger partial charge in [0, 0.05) is 61.9 Å². The van der Waals surface area contributed by atoms with Gasteiger partial charge in [-0.2, -0.15) is 0 Å². The predicted octanol–water partition coefficient (Wildman–Crippen LogP) is 3.29. The maximum Gasteiger partial charge on any atom is 0.258 e. The van der Waals surface area contributed by atoms with E-state index in [4.69, 9.17) is 0 Å². The minimum atomic E-state index is -0.258. The first-order chi connectivity index (χ1) is 17.0. The van der Waals surface area contributed by atoms with E-state index in [-0.39, 0.29) is 36.5 Å². The molecule has 3 aromatic rings. The van der Waals surface area contributed by atoms with Gasteiger partial charge in [0.05, 0.1) is 5.69 Å². The quantitative estimate of drug-likeness (QED) is 0.619. The van der Waals surface area contributed by atoms with E-state index in [1.165, 1.54) is 5.56 Å². The van der Waals surface area contributed by atoms with Crippen LogP contribution in [0.1, 0.15) is 45.6 Å². The summed E-state index contributed by atoms with van der Waals surface area (Å²) in [6, 6.07) is 15.2. The number of rotatable bonds is 5. The second-order valence-corrected chi connectivity index (χ2v) is 8.98. The summed E-state index contributed by atoms with van der Waals surface area (Å²) in [4.78, 5) is 50.4. The molecular weight excluding hydrogens is 442 g/mol. The number of hydrogen-bond donors (Lipinski definition) is 1. The number of hydrogen-bond acceptors (Lipinski definition) is 5. The fourth-order valence-corrected chi connectivity index (χ4v) is 4.65. The third-order valence-corrected chi connectivity index (χ3v) is 6.53. The molecular formula is C27H27N5O3. The maximum atomic E-state index is 12.8. The number of fused-ring (bicyclic) bond motifs is 2. The standard InChI is InChI=1S/C27H27N5O3/c1-18-5-4-7-20(15-18)26(35)30-27-28-16-21-17-31(13-12-22(21)29-27)24(33)9-10-25(34)32-14-11-19-6-2-3-8-23(19)32/h2-8,15-16H,9-14,17H2,1H3,(H,28,29,30,35). The van der Waals surface area contributed by atoms with Gasteiger partial charge in [-0.25, -0.2) is 9.97 Å². The summed E-state index contributed by atoms with van der Waals surface area (Å²) < 4.78 is 0. The van der Waals surface area contributed by atoms with Gasteiger partial charge in [0.25, 0.3) is 5.91 Å². The Bertz CT molecular complexity index is 1310. The molecule has 0 saturated heterocycles. The number of para-hydroxylation sites is 1. The zero-order valence-corrected chi connectivity index (χ0v) is 19.7. The Hall–Kier alpha value is -4.07. The molecule has 0 saturated carbocycles. The highest BCUT2D eigenvalue weighted by molar-refractivity contribution is 6.03. The zero-order chi connectivity index (χ0) is 24.4. The van der Waals surface area contributed by atoms with Crippen LogP contribution < -0.4 is 10.2 Å². The number of carbonyl (C=O) groups is 3. The van der Waals surface area contributed by atoms with Gasteiger partial charge in [-0.1, -0.05) is 35.9 Å². The summed E-state index contributed by atoms with van der Waals surface area (Å²) in [5, 5.41) is 2.75. The molecule has 0 atom stereocenters. The first-order valence-electron chi connectivity index (χ1n) is 11.9. The summed E-state index contributed by atoms with van der Waals surface area (Å²) in [5.74, 6) is -0.0653. The van der Waals surface area contributed by atoms with Crippen molar-refractivity contribution in [1.29, 1.82) is 0 Å². The summed E-state index contributed by atoms with van der Waals surface area (Å²) in [7, 11) is 0. The van der Waals surface area contributed by atoms with Gasteiger partial charge < -0.3 is 9.80 Å². The normalized spacial score (nSPS) is 14.3. The number of carbonyl (C=O) groups excluding carboxylic acids is 3. The third kappa shape index (κ3) is 4.91. The number of aryl methyl sites for hydroxylation is 1. The first-order valence-corrected chi connectivity index (χ1v) is 11.9. The average Bonchev–Trinajstić information content (AvgIpc) is 3.31. The van der Waals surface area contributed by atoms with Crippen LogP contribution in [0.5, 0.6) is 0 Å². The molecule has 2 aromatic carbocycles. The summed E-state index contributed by atoms with van der Waals surface area (Å²) >= 11 is 0. The Morgan fingerprint density at radius 3 is 2.63 bits per heavy atom. The van der Waals surface area contributed by atoms with Crippen molar-refractivity contribution in [2.45, 2.75) is 39.2 Å². The molecule has 0 aliphatic carbocycles. The van der Waals surface area contributed by atoms with Gasteiger partial charge >= 0.3 is 0 Å². The van der Waals surface area contributed by atoms with E-state index >= 15 is 0 Å². The Morgan fingerprint density at radius 2 is 1.77 bits per heavy atom. The van der Waals surface area contributed by atoms with Crippen molar-refractivity contribution < 1.29 is 14.4 Å². The molecule has 1 N–H and O–H groups in total. The molecule has 1 aromatic heterocycles. The van der Waals surface area contributed by atoms with Crippen LogP contribution >= 0.6 is 0 Å². The number of anilines is 2. The molecule has 0 fully saturated rings. The van der Waals surface area contributed by atoms with Gasteiger partial charge in [-0.15, -0.1) is 0 Å². The molecule has 8 heteroatoms. The van der Waals surface area contributed by atoms with Gasteiger partial charge in [0.1, 0.15) is 0 Å². The van der Waals surface area contributed by atoms with Crippen molar-refractivity contribution in [2.24, 2.45) is 0 Å². The smallest absolute Gasteiger partial charge is 0.258 e. The minimum Gasteiger partial charge on any atom is -0.338 e. The second kappa shape index (κ2) is 9.66. The Labute approximate surface area is 204 Å². The number of benzene rings is 2. The third-order valence-electron chi connectivity index (χ3n) is 6.53. The van der Waals surface area contributed by atoms with Crippen molar-refractivity contribution >= 4 is 29.4 Å². The largest absolute Gasteiger partial charge is 0.338 e. The van der Waals surface area contributed by atoms with Crippen LogP contribution in [0.3, 0.4) is 0 Å². The molecule has 2 aliphatic rings. The second-order valence-electron chi connectivity index (χ2n) is 8.98. The van der Waals surface area contributed by atoms with E-state index in [1.54, 1.807) is 22.1 Å². The van der Waals surface area contributed by atoms with Gasteiger partial charge in [-0.3, -0.25) is 19.7 Å². The molecule has 5 rings (SSSR count). The lowest BCUT2D eigenvalue weighted by molar-refractivity contribution is -0.134. The molecule has 0 radical (unpaired) electrons. The molecule has 3 heterocycles. The van der Waals surface area contributed by atoms with Crippen LogP contribution in [0.25, 0.3) is 0 Å². The van der Waals surface area contributed by atoms with E-state index in [1.807, 2.05) is 49.4 Å². The van der Waals surface area contributed by atoms with E-state index in [0.29, 0.717) is 31.6 Å². The Balaban J connectivity index is 1.16. The monoisotopic (exact) mass is 469 g/mol. The topological polar surface area (TPSA) is 95.5 Å². The summed E-state index contributed by atoms with van der Waals surface area (Å²) in [5.41, 5.74) is 5.37. The molecule has 0 unspecified atom stereocenters. The first kappa shape index (κ1) is 22.7. The van der Waals surface area contributed by atoms with Crippen molar-refractivity contribution in [3.8, 4) is 0 Å². The number of amides is 3. The van der Waals surface area contributed by atoms with Crippen molar-refractivity contribution in [1.82, 2.24) is 14.9 Å². The fraction of sp³-hybridized carbons (Fsp3) is 0.296. The van der Waals surface area contributed by atoms with Gasteiger partial charge in [-0.05, 0) is 37.1 Å². The molecule has 178 valence electrons. The minimum absolute atomic E-state index is 0.0157. The summed E-state index contributed by atoms with van der Waals surface area (Å²) in [6.07, 6.45) is 3.46. The van der Waals surface area contributed by atoms with Gasteiger partial charge in [0.15, 0.2) is 0 Å². The highest BCUT2D eigenvalue weighted by Crippen LogP contribution is 2.28. The van der Waals surface area contributed by atoms with Gasteiger partial charge in [0.2, 0.25) is 17.8 Å². The molecule has 3 amide bonds. The van der Waals surface area contributed by atoms with Crippen molar-refractivity contribution in [2.75, 3.05) is 23.3 Å². The lowest BCUT2D eigenvalue weighted by atomic mass is 10.1. The van der Waals surface area contributed by atoms with Crippen LogP contribution in [-0.2, 0) is 29.0 Å². The maximum absolute atomic E-state index is 12.8. The van der Waals surface area contributed by atoms with Crippen molar-refractivity contribution in [3.05, 3.63) is 82.7 Å². The SMILES string of the molecule is Cc1cccc(C(=O)Nc2ncc3c(n2)CCN(C(=O)CCC(=O)N2CCc4ccccc42)C3)c1. The van der Waals surface area contributed by atoms with Crippen LogP contribution in [0.4, 0.5) is 11.6 Å². The molecule has 35 heavy (non-hydrogen) atoms. The average molecular weight is 470 g/mol. The van der Waals surface area contributed by atoms with Crippen LogP contribution in [0.2, 0.25) is 0 Å². The predicted molar refractivity (Wildman–Crippen MR) is 132 cm³/mol. The fourth-order valence-electron chi connectivity index (χ4n) is 4.65.